The predicted molar refractivity (Wildman–Crippen MR) is 120 cm³/mol. The van der Waals surface area contributed by atoms with Gasteiger partial charge in [-0.05, 0) is 43.7 Å². The molecule has 0 saturated carbocycles. The van der Waals surface area contributed by atoms with E-state index >= 15 is 0 Å². The first-order valence-corrected chi connectivity index (χ1v) is 10.7. The van der Waals surface area contributed by atoms with Gasteiger partial charge in [0.05, 0.1) is 12.8 Å². The van der Waals surface area contributed by atoms with Gasteiger partial charge in [-0.2, -0.15) is 0 Å². The van der Waals surface area contributed by atoms with Crippen LogP contribution in [0, 0.1) is 6.92 Å². The van der Waals surface area contributed by atoms with Crippen LogP contribution in [0.4, 0.5) is 5.69 Å². The van der Waals surface area contributed by atoms with Gasteiger partial charge >= 0.3 is 0 Å². The molecule has 1 aromatic heterocycles. The number of aromatic nitrogens is 2. The summed E-state index contributed by atoms with van der Waals surface area (Å²) in [6, 6.07) is 13.5. The fourth-order valence-corrected chi connectivity index (χ4v) is 3.86. The molecular weight excluding hydrogens is 416 g/mol. The summed E-state index contributed by atoms with van der Waals surface area (Å²) in [5, 5.41) is 11.9. The Morgan fingerprint density at radius 1 is 1.26 bits per heavy atom. The molecule has 1 aliphatic rings. The van der Waals surface area contributed by atoms with Crippen LogP contribution in [-0.2, 0) is 11.2 Å². The number of carbonyl (C=O) groups excluding carboxylic acids is 1. The van der Waals surface area contributed by atoms with E-state index in [4.69, 9.17) is 20.8 Å². The van der Waals surface area contributed by atoms with Gasteiger partial charge in [0.2, 0.25) is 17.7 Å². The summed E-state index contributed by atoms with van der Waals surface area (Å²) in [7, 11) is 1.64. The van der Waals surface area contributed by atoms with Crippen LogP contribution in [0.25, 0.3) is 11.5 Å². The quantitative estimate of drug-likeness (QED) is 0.597. The predicted octanol–water partition coefficient (Wildman–Crippen LogP) is 4.03. The molecule has 162 valence electrons. The van der Waals surface area contributed by atoms with Crippen molar-refractivity contribution in [3.05, 3.63) is 58.9 Å². The van der Waals surface area contributed by atoms with Gasteiger partial charge in [-0.3, -0.25) is 4.79 Å². The Kier molecular flexibility index (Phi) is 6.42. The molecule has 8 heteroatoms. The Bertz CT molecular complexity index is 1050. The molecule has 1 unspecified atom stereocenters. The molecular formula is C23H25ClN4O3. The Balaban J connectivity index is 1.28. The van der Waals surface area contributed by atoms with Crippen LogP contribution in [-0.4, -0.2) is 42.3 Å². The van der Waals surface area contributed by atoms with E-state index in [0.717, 1.165) is 30.0 Å². The maximum Gasteiger partial charge on any atom is 0.247 e. The maximum absolute atomic E-state index is 12.4. The zero-order chi connectivity index (χ0) is 21.8. The number of amides is 1. The summed E-state index contributed by atoms with van der Waals surface area (Å²) < 4.78 is 11.2. The highest BCUT2D eigenvalue weighted by Crippen LogP contribution is 2.33. The molecule has 3 aromatic rings. The number of rotatable bonds is 7. The average molecular weight is 441 g/mol. The van der Waals surface area contributed by atoms with Gasteiger partial charge in [-0.15, -0.1) is 10.2 Å². The number of nitrogens with one attached hydrogen (secondary N) is 1. The summed E-state index contributed by atoms with van der Waals surface area (Å²) in [6.45, 7) is 3.56. The van der Waals surface area contributed by atoms with Crippen molar-refractivity contribution >= 4 is 23.2 Å². The van der Waals surface area contributed by atoms with Crippen LogP contribution in [0.2, 0.25) is 5.02 Å². The molecule has 7 nitrogen and oxygen atoms in total. The summed E-state index contributed by atoms with van der Waals surface area (Å²) in [4.78, 5) is 14.6. The number of aryl methyl sites for hydroxylation is 2. The van der Waals surface area contributed by atoms with Gasteiger partial charge in [0.15, 0.2) is 0 Å². The molecule has 1 aliphatic heterocycles. The SMILES string of the molecule is COc1ccc(Cl)cc1N1CCC(NC(=O)CCc2nnc(-c3ccc(C)cc3)o2)C1. The van der Waals surface area contributed by atoms with Crippen LogP contribution in [0.3, 0.4) is 0 Å². The number of benzene rings is 2. The van der Waals surface area contributed by atoms with Crippen molar-refractivity contribution in [1.29, 1.82) is 0 Å². The van der Waals surface area contributed by atoms with E-state index in [-0.39, 0.29) is 11.9 Å². The number of halogens is 1. The minimum Gasteiger partial charge on any atom is -0.495 e. The fraction of sp³-hybridized carbons (Fsp3) is 0.348. The highest BCUT2D eigenvalue weighted by Gasteiger charge is 2.26. The van der Waals surface area contributed by atoms with E-state index in [0.29, 0.717) is 36.2 Å². The van der Waals surface area contributed by atoms with E-state index in [1.165, 1.54) is 5.56 Å². The van der Waals surface area contributed by atoms with E-state index in [9.17, 15) is 4.79 Å². The second kappa shape index (κ2) is 9.39. The Morgan fingerprint density at radius 3 is 2.84 bits per heavy atom. The van der Waals surface area contributed by atoms with Crippen LogP contribution in [0.1, 0.15) is 24.3 Å². The molecule has 2 heterocycles. The van der Waals surface area contributed by atoms with Crippen molar-refractivity contribution in [1.82, 2.24) is 15.5 Å². The monoisotopic (exact) mass is 440 g/mol. The lowest BCUT2D eigenvalue weighted by Crippen LogP contribution is -2.37. The van der Waals surface area contributed by atoms with Crippen LogP contribution in [0.5, 0.6) is 5.75 Å². The molecule has 4 rings (SSSR count). The number of anilines is 1. The first-order chi connectivity index (χ1) is 15.0. The summed E-state index contributed by atoms with van der Waals surface area (Å²) >= 11 is 6.15. The Labute approximate surface area is 186 Å². The zero-order valence-electron chi connectivity index (χ0n) is 17.6. The minimum atomic E-state index is -0.0278. The summed E-state index contributed by atoms with van der Waals surface area (Å²) in [6.07, 6.45) is 1.56. The van der Waals surface area contributed by atoms with Gasteiger partial charge < -0.3 is 19.4 Å². The molecule has 1 amide bonds. The molecule has 1 saturated heterocycles. The number of ether oxygens (including phenoxy) is 1. The maximum atomic E-state index is 12.4. The Hall–Kier alpha value is -3.06. The second-order valence-corrected chi connectivity index (χ2v) is 8.12. The number of carbonyl (C=O) groups is 1. The van der Waals surface area contributed by atoms with Crippen molar-refractivity contribution < 1.29 is 13.9 Å². The van der Waals surface area contributed by atoms with E-state index in [1.54, 1.807) is 13.2 Å². The largest absolute Gasteiger partial charge is 0.495 e. The molecule has 1 atom stereocenters. The van der Waals surface area contributed by atoms with Gasteiger partial charge in [-0.1, -0.05) is 29.3 Å². The van der Waals surface area contributed by atoms with Crippen molar-refractivity contribution in [2.75, 3.05) is 25.1 Å². The Morgan fingerprint density at radius 2 is 2.06 bits per heavy atom. The molecule has 0 radical (unpaired) electrons. The standard InChI is InChI=1S/C23H25ClN4O3/c1-15-3-5-16(6-4-15)23-27-26-22(31-23)10-9-21(29)25-18-11-12-28(14-18)19-13-17(24)7-8-20(19)30-2/h3-8,13,18H,9-12,14H2,1-2H3,(H,25,29). The van der Waals surface area contributed by atoms with Gasteiger partial charge in [0.25, 0.3) is 0 Å². The lowest BCUT2D eigenvalue weighted by Gasteiger charge is -2.21. The minimum absolute atomic E-state index is 0.0278. The number of hydrogen-bond donors (Lipinski definition) is 1. The smallest absolute Gasteiger partial charge is 0.247 e. The third-order valence-electron chi connectivity index (χ3n) is 5.37. The van der Waals surface area contributed by atoms with Gasteiger partial charge in [0.1, 0.15) is 5.75 Å². The van der Waals surface area contributed by atoms with E-state index in [1.807, 2.05) is 43.3 Å². The van der Waals surface area contributed by atoms with Crippen LogP contribution in [0.15, 0.2) is 46.9 Å². The number of hydrogen-bond acceptors (Lipinski definition) is 6. The zero-order valence-corrected chi connectivity index (χ0v) is 18.4. The molecule has 0 bridgehead atoms. The molecule has 2 aromatic carbocycles. The van der Waals surface area contributed by atoms with Crippen molar-refractivity contribution in [2.45, 2.75) is 32.2 Å². The average Bonchev–Trinajstić information content (AvgIpc) is 3.42. The molecule has 1 N–H and O–H groups in total. The molecule has 31 heavy (non-hydrogen) atoms. The third kappa shape index (κ3) is 5.17. The van der Waals surface area contributed by atoms with Gasteiger partial charge in [0, 0.05) is 42.6 Å². The van der Waals surface area contributed by atoms with E-state index in [2.05, 4.69) is 20.4 Å². The van der Waals surface area contributed by atoms with Crippen molar-refractivity contribution in [3.63, 3.8) is 0 Å². The lowest BCUT2D eigenvalue weighted by molar-refractivity contribution is -0.121. The summed E-state index contributed by atoms with van der Waals surface area (Å²) in [5.74, 6) is 1.68. The second-order valence-electron chi connectivity index (χ2n) is 7.68. The first-order valence-electron chi connectivity index (χ1n) is 10.3. The van der Waals surface area contributed by atoms with Crippen LogP contribution < -0.4 is 15.0 Å². The number of methoxy groups -OCH3 is 1. The lowest BCUT2D eigenvalue weighted by atomic mass is 10.1. The van der Waals surface area contributed by atoms with Crippen molar-refractivity contribution in [2.24, 2.45) is 0 Å². The van der Waals surface area contributed by atoms with Gasteiger partial charge in [-0.25, -0.2) is 0 Å². The fourth-order valence-electron chi connectivity index (χ4n) is 3.69. The van der Waals surface area contributed by atoms with E-state index < -0.39 is 0 Å². The normalized spacial score (nSPS) is 15.8. The highest BCUT2D eigenvalue weighted by atomic mass is 35.5. The molecule has 1 fully saturated rings. The van der Waals surface area contributed by atoms with Crippen LogP contribution >= 0.6 is 11.6 Å². The topological polar surface area (TPSA) is 80.5 Å². The first kappa shape index (κ1) is 21.2. The number of nitrogens with zero attached hydrogens (tertiary/aromatic N) is 3. The highest BCUT2D eigenvalue weighted by molar-refractivity contribution is 6.30. The molecule has 0 aliphatic carbocycles. The third-order valence-corrected chi connectivity index (χ3v) is 5.60. The molecule has 0 spiro atoms. The van der Waals surface area contributed by atoms with Crippen molar-refractivity contribution in [3.8, 4) is 17.2 Å². The summed E-state index contributed by atoms with van der Waals surface area (Å²) in [5.41, 5.74) is 2.98.